The Bertz CT molecular complexity index is 897. The standard InChI is InChI=1S/C17H18N4OS/c1-9-10(2)19-15-8-13(6-7-14(15)18-9)16(22)21(5)17-20-11(3)12(4)23-17/h6-8H,1-5H3. The van der Waals surface area contributed by atoms with Crippen LogP contribution < -0.4 is 4.90 Å². The zero-order chi connectivity index (χ0) is 16.7. The Morgan fingerprint density at radius 1 is 0.957 bits per heavy atom. The van der Waals surface area contributed by atoms with Gasteiger partial charge in [0.1, 0.15) is 0 Å². The SMILES string of the molecule is Cc1nc2ccc(C(=O)N(C)c3nc(C)c(C)s3)cc2nc1C. The van der Waals surface area contributed by atoms with Crippen molar-refractivity contribution in [3.8, 4) is 0 Å². The minimum Gasteiger partial charge on any atom is -0.287 e. The highest BCUT2D eigenvalue weighted by atomic mass is 32.1. The maximum Gasteiger partial charge on any atom is 0.259 e. The van der Waals surface area contributed by atoms with Crippen molar-refractivity contribution in [3.63, 3.8) is 0 Å². The van der Waals surface area contributed by atoms with Crippen LogP contribution in [0.4, 0.5) is 5.13 Å². The average Bonchev–Trinajstić information content (AvgIpc) is 2.86. The van der Waals surface area contributed by atoms with Crippen molar-refractivity contribution in [2.24, 2.45) is 0 Å². The number of benzene rings is 1. The van der Waals surface area contributed by atoms with E-state index < -0.39 is 0 Å². The van der Waals surface area contributed by atoms with E-state index in [0.717, 1.165) is 33.0 Å². The summed E-state index contributed by atoms with van der Waals surface area (Å²) in [4.78, 5) is 28.9. The van der Waals surface area contributed by atoms with E-state index in [9.17, 15) is 4.79 Å². The van der Waals surface area contributed by atoms with Crippen LogP contribution in [0, 0.1) is 27.7 Å². The average molecular weight is 326 g/mol. The lowest BCUT2D eigenvalue weighted by Crippen LogP contribution is -2.26. The first-order valence-electron chi connectivity index (χ1n) is 7.34. The fourth-order valence-electron chi connectivity index (χ4n) is 2.24. The lowest BCUT2D eigenvalue weighted by atomic mass is 10.1. The molecule has 1 aromatic carbocycles. The molecule has 3 aromatic rings. The van der Waals surface area contributed by atoms with Crippen molar-refractivity contribution in [2.75, 3.05) is 11.9 Å². The van der Waals surface area contributed by atoms with E-state index in [0.29, 0.717) is 10.7 Å². The molecule has 0 saturated heterocycles. The van der Waals surface area contributed by atoms with Gasteiger partial charge in [0, 0.05) is 17.5 Å². The number of carbonyl (C=O) groups excluding carboxylic acids is 1. The molecule has 0 fully saturated rings. The molecule has 5 nitrogen and oxygen atoms in total. The second-order valence-corrected chi connectivity index (χ2v) is 6.78. The van der Waals surface area contributed by atoms with Gasteiger partial charge in [0.2, 0.25) is 0 Å². The van der Waals surface area contributed by atoms with Crippen LogP contribution in [0.15, 0.2) is 18.2 Å². The minimum atomic E-state index is -0.0966. The molecule has 0 aliphatic carbocycles. The van der Waals surface area contributed by atoms with Crippen molar-refractivity contribution in [2.45, 2.75) is 27.7 Å². The van der Waals surface area contributed by atoms with Crippen LogP contribution in [0.2, 0.25) is 0 Å². The van der Waals surface area contributed by atoms with Crippen LogP contribution in [-0.2, 0) is 0 Å². The molecule has 3 rings (SSSR count). The highest BCUT2D eigenvalue weighted by molar-refractivity contribution is 7.15. The fraction of sp³-hybridized carbons (Fsp3) is 0.294. The van der Waals surface area contributed by atoms with Crippen molar-refractivity contribution in [1.82, 2.24) is 15.0 Å². The quantitative estimate of drug-likeness (QED) is 0.722. The van der Waals surface area contributed by atoms with Crippen LogP contribution >= 0.6 is 11.3 Å². The summed E-state index contributed by atoms with van der Waals surface area (Å²) in [5.74, 6) is -0.0966. The molecule has 1 amide bonds. The topological polar surface area (TPSA) is 59.0 Å². The Morgan fingerprint density at radius 2 is 1.61 bits per heavy atom. The molecular weight excluding hydrogens is 308 g/mol. The molecule has 0 spiro atoms. The number of aromatic nitrogens is 3. The third-order valence-electron chi connectivity index (χ3n) is 3.93. The summed E-state index contributed by atoms with van der Waals surface area (Å²) in [7, 11) is 1.75. The molecule has 0 N–H and O–H groups in total. The molecule has 0 bridgehead atoms. The predicted octanol–water partition coefficient (Wildman–Crippen LogP) is 3.60. The molecule has 0 saturated carbocycles. The third-order valence-corrected chi connectivity index (χ3v) is 5.08. The van der Waals surface area contributed by atoms with Gasteiger partial charge >= 0.3 is 0 Å². The molecule has 0 atom stereocenters. The summed E-state index contributed by atoms with van der Waals surface area (Å²) in [6.07, 6.45) is 0. The Kier molecular flexibility index (Phi) is 3.85. The number of hydrogen-bond acceptors (Lipinski definition) is 5. The summed E-state index contributed by atoms with van der Waals surface area (Å²) in [5, 5.41) is 0.705. The van der Waals surface area contributed by atoms with Crippen LogP contribution in [0.3, 0.4) is 0 Å². The summed E-state index contributed by atoms with van der Waals surface area (Å²) >= 11 is 1.52. The van der Waals surface area contributed by atoms with Crippen LogP contribution in [0.5, 0.6) is 0 Å². The third kappa shape index (κ3) is 2.82. The van der Waals surface area contributed by atoms with E-state index in [1.807, 2.05) is 33.8 Å². The normalized spacial score (nSPS) is 11.0. The summed E-state index contributed by atoms with van der Waals surface area (Å²) in [6.45, 7) is 7.81. The van der Waals surface area contributed by atoms with Gasteiger partial charge in [-0.15, -0.1) is 11.3 Å². The lowest BCUT2D eigenvalue weighted by Gasteiger charge is -2.14. The number of thiazole rings is 1. The van der Waals surface area contributed by atoms with Gasteiger partial charge in [0.25, 0.3) is 5.91 Å². The van der Waals surface area contributed by atoms with Crippen molar-refractivity contribution in [3.05, 3.63) is 45.7 Å². The first-order valence-corrected chi connectivity index (χ1v) is 8.15. The largest absolute Gasteiger partial charge is 0.287 e. The number of fused-ring (bicyclic) bond motifs is 1. The van der Waals surface area contributed by atoms with Gasteiger partial charge in [0.15, 0.2) is 5.13 Å². The zero-order valence-corrected chi connectivity index (χ0v) is 14.7. The number of anilines is 1. The van der Waals surface area contributed by atoms with Crippen LogP contribution in [0.1, 0.15) is 32.3 Å². The summed E-state index contributed by atoms with van der Waals surface area (Å²) < 4.78 is 0. The summed E-state index contributed by atoms with van der Waals surface area (Å²) in [5.41, 5.74) is 4.86. The monoisotopic (exact) mass is 326 g/mol. The minimum absolute atomic E-state index is 0.0966. The molecular formula is C17H18N4OS. The highest BCUT2D eigenvalue weighted by Crippen LogP contribution is 2.26. The number of rotatable bonds is 2. The molecule has 2 aromatic heterocycles. The van der Waals surface area contributed by atoms with Gasteiger partial charge in [-0.05, 0) is 45.9 Å². The Labute approximate surface area is 139 Å². The number of carbonyl (C=O) groups is 1. The second kappa shape index (κ2) is 5.70. The highest BCUT2D eigenvalue weighted by Gasteiger charge is 2.18. The maximum absolute atomic E-state index is 12.7. The first kappa shape index (κ1) is 15.6. The van der Waals surface area contributed by atoms with E-state index in [-0.39, 0.29) is 5.91 Å². The first-order chi connectivity index (χ1) is 10.9. The number of nitrogens with zero attached hydrogens (tertiary/aromatic N) is 4. The van der Waals surface area contributed by atoms with E-state index in [1.54, 1.807) is 24.1 Å². The number of amides is 1. The van der Waals surface area contributed by atoms with Gasteiger partial charge in [-0.1, -0.05) is 0 Å². The Morgan fingerprint density at radius 3 is 2.22 bits per heavy atom. The van der Waals surface area contributed by atoms with E-state index >= 15 is 0 Å². The van der Waals surface area contributed by atoms with Crippen LogP contribution in [-0.4, -0.2) is 27.9 Å². The van der Waals surface area contributed by atoms with Gasteiger partial charge in [-0.3, -0.25) is 9.69 Å². The number of hydrogen-bond donors (Lipinski definition) is 0. The fourth-order valence-corrected chi connectivity index (χ4v) is 3.11. The molecule has 0 unspecified atom stereocenters. The Hall–Kier alpha value is -2.34. The van der Waals surface area contributed by atoms with Crippen molar-refractivity contribution < 1.29 is 4.79 Å². The maximum atomic E-state index is 12.7. The smallest absolute Gasteiger partial charge is 0.259 e. The molecule has 6 heteroatoms. The van der Waals surface area contributed by atoms with Crippen LogP contribution in [0.25, 0.3) is 11.0 Å². The molecule has 0 aliphatic rings. The molecule has 23 heavy (non-hydrogen) atoms. The zero-order valence-electron chi connectivity index (χ0n) is 13.8. The van der Waals surface area contributed by atoms with Crippen molar-refractivity contribution >= 4 is 33.4 Å². The van der Waals surface area contributed by atoms with E-state index in [1.165, 1.54) is 11.3 Å². The van der Waals surface area contributed by atoms with E-state index in [2.05, 4.69) is 15.0 Å². The molecule has 118 valence electrons. The van der Waals surface area contributed by atoms with Crippen molar-refractivity contribution in [1.29, 1.82) is 0 Å². The molecule has 0 aliphatic heterocycles. The lowest BCUT2D eigenvalue weighted by molar-refractivity contribution is 0.0993. The summed E-state index contributed by atoms with van der Waals surface area (Å²) in [6, 6.07) is 5.42. The second-order valence-electron chi connectivity index (χ2n) is 5.60. The molecule has 2 heterocycles. The Balaban J connectivity index is 1.98. The van der Waals surface area contributed by atoms with Gasteiger partial charge < -0.3 is 0 Å². The van der Waals surface area contributed by atoms with Gasteiger partial charge in [-0.2, -0.15) is 0 Å². The van der Waals surface area contributed by atoms with Gasteiger partial charge in [0.05, 0.1) is 28.1 Å². The molecule has 0 radical (unpaired) electrons. The predicted molar refractivity (Wildman–Crippen MR) is 93.3 cm³/mol. The van der Waals surface area contributed by atoms with Gasteiger partial charge in [-0.25, -0.2) is 15.0 Å². The number of aryl methyl sites for hydroxylation is 4. The van der Waals surface area contributed by atoms with E-state index in [4.69, 9.17) is 0 Å².